The minimum Gasteiger partial charge on any atom is -0.493 e. The molecule has 2 fully saturated rings. The van der Waals surface area contributed by atoms with Crippen molar-refractivity contribution in [2.75, 3.05) is 13.7 Å². The number of methoxy groups -OCH3 is 1. The molecule has 1 aromatic rings. The number of benzene rings is 1. The average molecular weight is 296 g/mol. The third kappa shape index (κ3) is 2.49. The number of ether oxygens (including phenoxy) is 2. The van der Waals surface area contributed by atoms with E-state index in [1.165, 1.54) is 7.11 Å². The van der Waals surface area contributed by atoms with E-state index in [2.05, 4.69) is 0 Å². The minimum atomic E-state index is -2.58. The van der Waals surface area contributed by atoms with E-state index >= 15 is 0 Å². The zero-order chi connectivity index (χ0) is 15.1. The van der Waals surface area contributed by atoms with E-state index in [0.29, 0.717) is 12.2 Å². The summed E-state index contributed by atoms with van der Waals surface area (Å²) in [6.07, 6.45) is 2.04. The van der Waals surface area contributed by atoms with Crippen molar-refractivity contribution >= 4 is 5.97 Å². The molecule has 0 aromatic heterocycles. The Labute approximate surface area is 122 Å². The van der Waals surface area contributed by atoms with Gasteiger partial charge in [-0.25, -0.2) is 8.78 Å². The Hall–Kier alpha value is -1.65. The first-order chi connectivity index (χ1) is 9.98. The van der Waals surface area contributed by atoms with E-state index in [1.807, 2.05) is 12.1 Å². The summed E-state index contributed by atoms with van der Waals surface area (Å²) in [5.41, 5.74) is 0.393. The molecule has 114 valence electrons. The van der Waals surface area contributed by atoms with E-state index in [0.717, 1.165) is 18.4 Å². The quantitative estimate of drug-likeness (QED) is 0.782. The second-order valence-corrected chi connectivity index (χ2v) is 5.91. The molecule has 3 nitrogen and oxygen atoms in total. The SMILES string of the molecule is COC(=O)C1(c2ccc(OCC3CCC3(F)F)cc2)CC1. The minimum absolute atomic E-state index is 0.0362. The fourth-order valence-corrected chi connectivity index (χ4v) is 2.77. The highest BCUT2D eigenvalue weighted by atomic mass is 19.3. The monoisotopic (exact) mass is 296 g/mol. The van der Waals surface area contributed by atoms with Gasteiger partial charge in [0.15, 0.2) is 0 Å². The number of alkyl halides is 2. The normalized spacial score (nSPS) is 24.8. The number of hydrogen-bond donors (Lipinski definition) is 0. The molecule has 2 aliphatic carbocycles. The summed E-state index contributed by atoms with van der Waals surface area (Å²) in [7, 11) is 1.39. The molecule has 1 unspecified atom stereocenters. The van der Waals surface area contributed by atoms with Crippen molar-refractivity contribution < 1.29 is 23.0 Å². The van der Waals surface area contributed by atoms with Gasteiger partial charge in [0, 0.05) is 6.42 Å². The molecule has 1 atom stereocenters. The third-order valence-corrected chi connectivity index (χ3v) is 4.61. The van der Waals surface area contributed by atoms with Crippen molar-refractivity contribution in [2.45, 2.75) is 37.0 Å². The molecule has 0 saturated heterocycles. The predicted octanol–water partition coefficient (Wildman–Crippen LogP) is 3.32. The van der Waals surface area contributed by atoms with E-state index < -0.39 is 17.3 Å². The molecule has 0 aliphatic heterocycles. The lowest BCUT2D eigenvalue weighted by Gasteiger charge is -2.35. The lowest BCUT2D eigenvalue weighted by Crippen LogP contribution is -2.42. The average Bonchev–Trinajstić information content (AvgIpc) is 3.28. The lowest BCUT2D eigenvalue weighted by atomic mass is 9.81. The van der Waals surface area contributed by atoms with E-state index in [4.69, 9.17) is 9.47 Å². The zero-order valence-electron chi connectivity index (χ0n) is 11.9. The maximum Gasteiger partial charge on any atom is 0.316 e. The number of rotatable bonds is 5. The zero-order valence-corrected chi connectivity index (χ0v) is 11.9. The summed E-state index contributed by atoms with van der Waals surface area (Å²) in [5.74, 6) is -2.92. The highest BCUT2D eigenvalue weighted by molar-refractivity contribution is 5.86. The van der Waals surface area contributed by atoms with Gasteiger partial charge < -0.3 is 9.47 Å². The van der Waals surface area contributed by atoms with Gasteiger partial charge in [-0.15, -0.1) is 0 Å². The Balaban J connectivity index is 1.61. The molecule has 2 aliphatic rings. The molecule has 0 N–H and O–H groups in total. The molecule has 1 aromatic carbocycles. The second kappa shape index (κ2) is 4.97. The molecule has 0 radical (unpaired) electrons. The smallest absolute Gasteiger partial charge is 0.316 e. The second-order valence-electron chi connectivity index (χ2n) is 5.91. The van der Waals surface area contributed by atoms with Gasteiger partial charge in [-0.05, 0) is 37.0 Å². The fraction of sp³-hybridized carbons (Fsp3) is 0.562. The van der Waals surface area contributed by atoms with Crippen molar-refractivity contribution in [1.29, 1.82) is 0 Å². The number of halogens is 2. The Bertz CT molecular complexity index is 535. The summed E-state index contributed by atoms with van der Waals surface area (Å²) in [5, 5.41) is 0. The highest BCUT2D eigenvalue weighted by Crippen LogP contribution is 2.49. The van der Waals surface area contributed by atoms with Crippen LogP contribution in [-0.4, -0.2) is 25.6 Å². The van der Waals surface area contributed by atoms with Gasteiger partial charge in [0.25, 0.3) is 5.92 Å². The van der Waals surface area contributed by atoms with Crippen LogP contribution in [0.25, 0.3) is 0 Å². The summed E-state index contributed by atoms with van der Waals surface area (Å²) in [6.45, 7) is 0.0362. The number of carbonyl (C=O) groups is 1. The van der Waals surface area contributed by atoms with Crippen molar-refractivity contribution in [3.05, 3.63) is 29.8 Å². The molecule has 0 spiro atoms. The van der Waals surface area contributed by atoms with Gasteiger partial charge in [-0.3, -0.25) is 4.79 Å². The summed E-state index contributed by atoms with van der Waals surface area (Å²) in [6, 6.07) is 7.10. The molecular weight excluding hydrogens is 278 g/mol. The molecule has 0 heterocycles. The van der Waals surface area contributed by atoms with Crippen LogP contribution in [0.4, 0.5) is 8.78 Å². The van der Waals surface area contributed by atoms with Crippen LogP contribution < -0.4 is 4.74 Å². The van der Waals surface area contributed by atoms with Crippen LogP contribution in [-0.2, 0) is 14.9 Å². The summed E-state index contributed by atoms with van der Waals surface area (Å²) >= 11 is 0. The first-order valence-electron chi connectivity index (χ1n) is 7.17. The Morgan fingerprint density at radius 3 is 2.33 bits per heavy atom. The first kappa shape index (κ1) is 14.3. The predicted molar refractivity (Wildman–Crippen MR) is 72.5 cm³/mol. The lowest BCUT2D eigenvalue weighted by molar-refractivity contribution is -0.144. The number of hydrogen-bond acceptors (Lipinski definition) is 3. The molecule has 0 bridgehead atoms. The third-order valence-electron chi connectivity index (χ3n) is 4.61. The Kier molecular flexibility index (Phi) is 3.38. The molecule has 5 heteroatoms. The van der Waals surface area contributed by atoms with Gasteiger partial charge in [-0.2, -0.15) is 0 Å². The van der Waals surface area contributed by atoms with Crippen molar-refractivity contribution in [1.82, 2.24) is 0 Å². The largest absolute Gasteiger partial charge is 0.493 e. The standard InChI is InChI=1S/C16H18F2O3/c1-20-14(19)15(8-9-15)11-2-4-13(5-3-11)21-10-12-6-7-16(12,17)18/h2-5,12H,6-10H2,1H3. The van der Waals surface area contributed by atoms with Crippen LogP contribution in [0.15, 0.2) is 24.3 Å². The van der Waals surface area contributed by atoms with Crippen LogP contribution >= 0.6 is 0 Å². The van der Waals surface area contributed by atoms with E-state index in [-0.39, 0.29) is 19.0 Å². The molecule has 0 amide bonds. The van der Waals surface area contributed by atoms with E-state index in [9.17, 15) is 13.6 Å². The van der Waals surface area contributed by atoms with Crippen LogP contribution in [0.3, 0.4) is 0 Å². The number of esters is 1. The van der Waals surface area contributed by atoms with Gasteiger partial charge in [0.05, 0.1) is 25.0 Å². The molecule has 21 heavy (non-hydrogen) atoms. The molecule has 2 saturated carbocycles. The van der Waals surface area contributed by atoms with E-state index in [1.54, 1.807) is 12.1 Å². The van der Waals surface area contributed by atoms with Crippen LogP contribution in [0, 0.1) is 5.92 Å². The topological polar surface area (TPSA) is 35.5 Å². The van der Waals surface area contributed by atoms with Gasteiger partial charge in [-0.1, -0.05) is 12.1 Å². The van der Waals surface area contributed by atoms with Gasteiger partial charge in [0.1, 0.15) is 5.75 Å². The maximum atomic E-state index is 13.1. The van der Waals surface area contributed by atoms with Crippen molar-refractivity contribution in [3.63, 3.8) is 0 Å². The molecular formula is C16H18F2O3. The van der Waals surface area contributed by atoms with Gasteiger partial charge >= 0.3 is 5.97 Å². The van der Waals surface area contributed by atoms with Crippen molar-refractivity contribution in [3.8, 4) is 5.75 Å². The molecule has 3 rings (SSSR count). The summed E-state index contributed by atoms with van der Waals surface area (Å²) < 4.78 is 36.5. The van der Waals surface area contributed by atoms with Crippen LogP contribution in [0.2, 0.25) is 0 Å². The first-order valence-corrected chi connectivity index (χ1v) is 7.17. The summed E-state index contributed by atoms with van der Waals surface area (Å²) in [4.78, 5) is 11.8. The maximum absolute atomic E-state index is 13.1. The van der Waals surface area contributed by atoms with Crippen LogP contribution in [0.1, 0.15) is 31.2 Å². The highest BCUT2D eigenvalue weighted by Gasteiger charge is 2.52. The van der Waals surface area contributed by atoms with Gasteiger partial charge in [0.2, 0.25) is 0 Å². The fourth-order valence-electron chi connectivity index (χ4n) is 2.77. The van der Waals surface area contributed by atoms with Crippen molar-refractivity contribution in [2.24, 2.45) is 5.92 Å². The van der Waals surface area contributed by atoms with Crippen LogP contribution in [0.5, 0.6) is 5.75 Å². The Morgan fingerprint density at radius 2 is 1.90 bits per heavy atom. The number of carbonyl (C=O) groups excluding carboxylic acids is 1. The Morgan fingerprint density at radius 1 is 1.24 bits per heavy atom.